The van der Waals surface area contributed by atoms with Gasteiger partial charge in [-0.05, 0) is 43.4 Å². The largest absolute Gasteiger partial charge is 0.461 e. The molecule has 28 heavy (non-hydrogen) atoms. The van der Waals surface area contributed by atoms with Crippen LogP contribution in [0.4, 0.5) is 0 Å². The Labute approximate surface area is 166 Å². The molecule has 3 heterocycles. The van der Waals surface area contributed by atoms with Crippen LogP contribution in [0.3, 0.4) is 0 Å². The second-order valence-corrected chi connectivity index (χ2v) is 8.55. The van der Waals surface area contributed by atoms with E-state index in [9.17, 15) is 5.11 Å². The molecule has 1 aliphatic heterocycles. The van der Waals surface area contributed by atoms with Crippen molar-refractivity contribution in [2.45, 2.75) is 45.3 Å². The summed E-state index contributed by atoms with van der Waals surface area (Å²) in [5, 5.41) is 12.9. The molecule has 146 valence electrons. The number of aromatic nitrogens is 1. The average molecular weight is 377 g/mol. The van der Waals surface area contributed by atoms with Gasteiger partial charge in [-0.15, -0.1) is 0 Å². The molecule has 0 radical (unpaired) electrons. The van der Waals surface area contributed by atoms with E-state index in [0.717, 1.165) is 61.5 Å². The monoisotopic (exact) mass is 376 g/mol. The molecule has 5 rings (SSSR count). The van der Waals surface area contributed by atoms with Crippen molar-refractivity contribution < 1.29 is 9.52 Å². The number of aryl methyl sites for hydroxylation is 2. The maximum Gasteiger partial charge on any atom is 0.134 e. The molecular weight excluding hydrogens is 348 g/mol. The summed E-state index contributed by atoms with van der Waals surface area (Å²) in [6, 6.07) is 12.3. The maximum absolute atomic E-state index is 11.6. The third kappa shape index (κ3) is 2.70. The lowest BCUT2D eigenvalue weighted by Crippen LogP contribution is -2.36. The number of fused-ring (bicyclic) bond motifs is 2. The Bertz CT molecular complexity index is 1010. The van der Waals surface area contributed by atoms with Crippen molar-refractivity contribution in [3.63, 3.8) is 0 Å². The second kappa shape index (κ2) is 6.71. The number of rotatable bonds is 4. The van der Waals surface area contributed by atoms with Crippen LogP contribution in [0.5, 0.6) is 0 Å². The fraction of sp³-hybridized carbons (Fsp3) is 0.458. The summed E-state index contributed by atoms with van der Waals surface area (Å²) in [7, 11) is 0. The predicted molar refractivity (Wildman–Crippen MR) is 110 cm³/mol. The standard InChI is InChI=1S/C24H28N2O2/c1-3-21-19(18-8-4-5-9-22(18)28-21)14-26-13-17-10-11-24(27,20(17)15-26)23-16(2)7-6-12-25-23/h4-9,12,17,20,27H,3,10-11,13-15H2,1-2H3/t17-,20+,24-/m0/s1. The Hall–Kier alpha value is -2.17. The first-order valence-corrected chi connectivity index (χ1v) is 10.5. The highest BCUT2D eigenvalue weighted by molar-refractivity contribution is 5.82. The highest BCUT2D eigenvalue weighted by atomic mass is 16.3. The van der Waals surface area contributed by atoms with Gasteiger partial charge in [-0.2, -0.15) is 0 Å². The van der Waals surface area contributed by atoms with E-state index >= 15 is 0 Å². The zero-order valence-corrected chi connectivity index (χ0v) is 16.7. The Morgan fingerprint density at radius 1 is 1.21 bits per heavy atom. The number of benzene rings is 1. The number of nitrogens with zero attached hydrogens (tertiary/aromatic N) is 2. The van der Waals surface area contributed by atoms with Crippen LogP contribution in [-0.2, 0) is 18.6 Å². The quantitative estimate of drug-likeness (QED) is 0.732. The molecule has 0 bridgehead atoms. The average Bonchev–Trinajstić information content (AvgIpc) is 3.36. The molecule has 0 spiro atoms. The molecule has 1 aliphatic carbocycles. The Morgan fingerprint density at radius 3 is 2.89 bits per heavy atom. The number of furan rings is 1. The summed E-state index contributed by atoms with van der Waals surface area (Å²) in [5.74, 6) is 1.88. The van der Waals surface area contributed by atoms with Crippen molar-refractivity contribution in [1.29, 1.82) is 0 Å². The molecule has 0 unspecified atom stereocenters. The van der Waals surface area contributed by atoms with E-state index in [-0.39, 0.29) is 5.92 Å². The van der Waals surface area contributed by atoms with Gasteiger partial charge in [0.2, 0.25) is 0 Å². The molecular formula is C24H28N2O2. The Balaban J connectivity index is 1.42. The van der Waals surface area contributed by atoms with Crippen LogP contribution in [0, 0.1) is 18.8 Å². The second-order valence-electron chi connectivity index (χ2n) is 8.55. The molecule has 3 aromatic rings. The third-order valence-electron chi connectivity index (χ3n) is 6.93. The number of aliphatic hydroxyl groups is 1. The van der Waals surface area contributed by atoms with Crippen LogP contribution in [0.1, 0.15) is 42.3 Å². The molecule has 2 fully saturated rings. The van der Waals surface area contributed by atoms with Gasteiger partial charge in [0.05, 0.1) is 5.69 Å². The van der Waals surface area contributed by atoms with Gasteiger partial charge < -0.3 is 9.52 Å². The van der Waals surface area contributed by atoms with E-state index in [1.54, 1.807) is 0 Å². The summed E-state index contributed by atoms with van der Waals surface area (Å²) in [5.41, 5.74) is 3.48. The molecule has 2 aromatic heterocycles. The number of para-hydroxylation sites is 1. The first-order valence-electron chi connectivity index (χ1n) is 10.5. The van der Waals surface area contributed by atoms with Gasteiger partial charge in [0.1, 0.15) is 16.9 Å². The minimum absolute atomic E-state index is 0.254. The fourth-order valence-corrected chi connectivity index (χ4v) is 5.58. The molecule has 4 heteroatoms. The van der Waals surface area contributed by atoms with Crippen LogP contribution in [-0.4, -0.2) is 28.1 Å². The number of hydrogen-bond acceptors (Lipinski definition) is 4. The van der Waals surface area contributed by atoms with E-state index in [1.165, 1.54) is 10.9 Å². The summed E-state index contributed by atoms with van der Waals surface area (Å²) in [6.45, 7) is 7.07. The minimum Gasteiger partial charge on any atom is -0.461 e. The molecule has 1 aromatic carbocycles. The SMILES string of the molecule is CCc1oc2ccccc2c1CN1C[C@@H]2CC[C@@](O)(c3ncccc3C)[C@@H]2C1. The highest BCUT2D eigenvalue weighted by Gasteiger charge is 2.53. The molecule has 2 aliphatic rings. The summed E-state index contributed by atoms with van der Waals surface area (Å²) in [6.07, 6.45) is 4.61. The lowest BCUT2D eigenvalue weighted by Gasteiger charge is -2.31. The van der Waals surface area contributed by atoms with E-state index < -0.39 is 5.60 Å². The number of pyridine rings is 1. The topological polar surface area (TPSA) is 49.5 Å². The van der Waals surface area contributed by atoms with Crippen molar-refractivity contribution in [2.24, 2.45) is 11.8 Å². The smallest absolute Gasteiger partial charge is 0.134 e. The fourth-order valence-electron chi connectivity index (χ4n) is 5.58. The Morgan fingerprint density at radius 2 is 2.07 bits per heavy atom. The van der Waals surface area contributed by atoms with Crippen LogP contribution < -0.4 is 0 Å². The third-order valence-corrected chi connectivity index (χ3v) is 6.93. The van der Waals surface area contributed by atoms with Crippen molar-refractivity contribution in [1.82, 2.24) is 9.88 Å². The Kier molecular flexibility index (Phi) is 4.29. The summed E-state index contributed by atoms with van der Waals surface area (Å²) in [4.78, 5) is 7.09. The number of hydrogen-bond donors (Lipinski definition) is 1. The molecule has 1 N–H and O–H groups in total. The maximum atomic E-state index is 11.6. The molecule has 0 amide bonds. The lowest BCUT2D eigenvalue weighted by molar-refractivity contribution is -0.0114. The van der Waals surface area contributed by atoms with Crippen molar-refractivity contribution in [3.05, 3.63) is 65.2 Å². The molecule has 1 saturated heterocycles. The predicted octanol–water partition coefficient (Wildman–Crippen LogP) is 4.43. The zero-order chi connectivity index (χ0) is 19.3. The van der Waals surface area contributed by atoms with Crippen LogP contribution in [0.25, 0.3) is 11.0 Å². The van der Waals surface area contributed by atoms with Gasteiger partial charge in [-0.1, -0.05) is 31.2 Å². The lowest BCUT2D eigenvalue weighted by atomic mass is 9.83. The van der Waals surface area contributed by atoms with Gasteiger partial charge in [0.25, 0.3) is 0 Å². The van der Waals surface area contributed by atoms with E-state index in [1.807, 2.05) is 18.3 Å². The van der Waals surface area contributed by atoms with Gasteiger partial charge in [-0.3, -0.25) is 9.88 Å². The first kappa shape index (κ1) is 17.9. The number of likely N-dealkylation sites (tertiary alicyclic amines) is 1. The van der Waals surface area contributed by atoms with Crippen LogP contribution in [0.15, 0.2) is 47.0 Å². The van der Waals surface area contributed by atoms with Gasteiger partial charge in [-0.25, -0.2) is 0 Å². The molecule has 4 nitrogen and oxygen atoms in total. The van der Waals surface area contributed by atoms with Crippen LogP contribution >= 0.6 is 0 Å². The van der Waals surface area contributed by atoms with Gasteiger partial charge in [0.15, 0.2) is 0 Å². The van der Waals surface area contributed by atoms with Crippen molar-refractivity contribution in [2.75, 3.05) is 13.1 Å². The summed E-state index contributed by atoms with van der Waals surface area (Å²) < 4.78 is 6.09. The van der Waals surface area contributed by atoms with Crippen molar-refractivity contribution in [3.8, 4) is 0 Å². The van der Waals surface area contributed by atoms with Gasteiger partial charge >= 0.3 is 0 Å². The van der Waals surface area contributed by atoms with Crippen molar-refractivity contribution >= 4 is 11.0 Å². The summed E-state index contributed by atoms with van der Waals surface area (Å²) >= 11 is 0. The minimum atomic E-state index is -0.795. The van der Waals surface area contributed by atoms with Crippen LogP contribution in [0.2, 0.25) is 0 Å². The zero-order valence-electron chi connectivity index (χ0n) is 16.7. The van der Waals surface area contributed by atoms with E-state index in [2.05, 4.69) is 48.0 Å². The molecule has 3 atom stereocenters. The van der Waals surface area contributed by atoms with E-state index in [0.29, 0.717) is 5.92 Å². The first-order chi connectivity index (χ1) is 13.6. The molecule has 1 saturated carbocycles. The van der Waals surface area contributed by atoms with E-state index in [4.69, 9.17) is 4.42 Å². The highest BCUT2D eigenvalue weighted by Crippen LogP contribution is 2.51. The van der Waals surface area contributed by atoms with Gasteiger partial charge in [0, 0.05) is 49.1 Å². The normalized spacial score (nSPS) is 27.5.